The molecule has 13 heteroatoms. The Morgan fingerprint density at radius 3 is 2.49 bits per heavy atom. The number of aromatic amines is 1. The molecular formula is C28H42N8O5. The highest BCUT2D eigenvalue weighted by Gasteiger charge is 2.33. The van der Waals surface area contributed by atoms with Crippen LogP contribution in [0.3, 0.4) is 0 Å². The van der Waals surface area contributed by atoms with Gasteiger partial charge in [0, 0.05) is 30.1 Å². The summed E-state index contributed by atoms with van der Waals surface area (Å²) in [5.41, 5.74) is 12.4. The van der Waals surface area contributed by atoms with Gasteiger partial charge in [0.15, 0.2) is 5.96 Å². The van der Waals surface area contributed by atoms with Crippen molar-refractivity contribution in [1.29, 1.82) is 0 Å². The number of carboxylic acid groups (broad SMARTS) is 1. The van der Waals surface area contributed by atoms with Gasteiger partial charge in [-0.3, -0.25) is 19.4 Å². The largest absolute Gasteiger partial charge is 0.480 e. The lowest BCUT2D eigenvalue weighted by molar-refractivity contribution is -0.142. The molecule has 3 rings (SSSR count). The molecule has 1 aliphatic heterocycles. The molecule has 1 aromatic heterocycles. The molecular weight excluding hydrogens is 528 g/mol. The van der Waals surface area contributed by atoms with E-state index in [1.54, 1.807) is 6.20 Å². The fourth-order valence-corrected chi connectivity index (χ4v) is 4.89. The van der Waals surface area contributed by atoms with E-state index in [2.05, 4.69) is 31.2 Å². The van der Waals surface area contributed by atoms with Crippen LogP contribution in [0, 0.1) is 5.92 Å². The van der Waals surface area contributed by atoms with Crippen LogP contribution in [0.1, 0.15) is 51.5 Å². The number of H-pyrrole nitrogens is 1. The van der Waals surface area contributed by atoms with Crippen molar-refractivity contribution >= 4 is 40.6 Å². The lowest BCUT2D eigenvalue weighted by Crippen LogP contribution is -2.58. The number of para-hydroxylation sites is 1. The van der Waals surface area contributed by atoms with Gasteiger partial charge in [0.25, 0.3) is 0 Å². The first-order valence-electron chi connectivity index (χ1n) is 14.1. The quantitative estimate of drug-likeness (QED) is 0.0832. The SMILES string of the molecule is CCC(C)C(NC(=O)C1CCCN1)C(=O)NC(CCCN=C(N)N)C(=O)NC(Cc1c[nH]c2ccccc12)C(=O)O. The van der Waals surface area contributed by atoms with Crippen LogP contribution < -0.4 is 32.7 Å². The number of nitrogens with one attached hydrogen (secondary N) is 5. The van der Waals surface area contributed by atoms with Gasteiger partial charge in [0.05, 0.1) is 6.04 Å². The van der Waals surface area contributed by atoms with Crippen molar-refractivity contribution < 1.29 is 24.3 Å². The molecule has 2 heterocycles. The number of fused-ring (bicyclic) bond motifs is 1. The number of hydrogen-bond donors (Lipinski definition) is 8. The minimum atomic E-state index is -1.24. The zero-order valence-electron chi connectivity index (χ0n) is 23.6. The van der Waals surface area contributed by atoms with Crippen LogP contribution in [0.5, 0.6) is 0 Å². The van der Waals surface area contributed by atoms with Crippen molar-refractivity contribution in [3.05, 3.63) is 36.0 Å². The molecule has 0 bridgehead atoms. The molecule has 13 nitrogen and oxygen atoms in total. The third-order valence-electron chi connectivity index (χ3n) is 7.46. The highest BCUT2D eigenvalue weighted by molar-refractivity contribution is 5.94. The predicted molar refractivity (Wildman–Crippen MR) is 156 cm³/mol. The standard InChI is InChI=1S/C28H42N8O5/c1-3-16(2)23(36-24(37)20-10-6-12-31-20)26(39)34-21(11-7-13-32-28(29)30)25(38)35-22(27(40)41)14-17-15-33-19-9-5-4-8-18(17)19/h4-5,8-9,15-16,20-23,31,33H,3,6-7,10-14H2,1-2H3,(H,34,39)(H,35,38)(H,36,37)(H,40,41)(H4,29,30,32). The summed E-state index contributed by atoms with van der Waals surface area (Å²) in [7, 11) is 0. The molecule has 1 aliphatic rings. The highest BCUT2D eigenvalue weighted by atomic mass is 16.4. The van der Waals surface area contributed by atoms with Gasteiger partial charge >= 0.3 is 5.97 Å². The number of rotatable bonds is 15. The Balaban J connectivity index is 1.75. The molecule has 5 atom stereocenters. The average Bonchev–Trinajstić information content (AvgIpc) is 3.63. The minimum Gasteiger partial charge on any atom is -0.480 e. The number of aliphatic carboxylic acids is 1. The molecule has 10 N–H and O–H groups in total. The smallest absolute Gasteiger partial charge is 0.326 e. The summed E-state index contributed by atoms with van der Waals surface area (Å²) in [5.74, 6) is -2.94. The Labute approximate surface area is 239 Å². The third kappa shape index (κ3) is 8.93. The molecule has 1 fully saturated rings. The molecule has 0 radical (unpaired) electrons. The van der Waals surface area contributed by atoms with Crippen molar-refractivity contribution in [2.75, 3.05) is 13.1 Å². The van der Waals surface area contributed by atoms with Gasteiger partial charge in [-0.25, -0.2) is 4.79 Å². The number of aromatic nitrogens is 1. The Morgan fingerprint density at radius 1 is 1.10 bits per heavy atom. The second-order valence-corrected chi connectivity index (χ2v) is 10.5. The van der Waals surface area contributed by atoms with E-state index in [0.717, 1.165) is 29.4 Å². The van der Waals surface area contributed by atoms with E-state index in [4.69, 9.17) is 11.5 Å². The van der Waals surface area contributed by atoms with Crippen LogP contribution in [0.25, 0.3) is 10.9 Å². The predicted octanol–water partition coefficient (Wildman–Crippen LogP) is 0.101. The maximum Gasteiger partial charge on any atom is 0.326 e. The second kappa shape index (κ2) is 15.0. The fourth-order valence-electron chi connectivity index (χ4n) is 4.89. The van der Waals surface area contributed by atoms with E-state index < -0.39 is 35.9 Å². The highest BCUT2D eigenvalue weighted by Crippen LogP contribution is 2.19. The Morgan fingerprint density at radius 2 is 1.83 bits per heavy atom. The number of nitrogens with zero attached hydrogens (tertiary/aromatic N) is 1. The molecule has 5 unspecified atom stereocenters. The first kappa shape index (κ1) is 31.4. The van der Waals surface area contributed by atoms with Gasteiger partial charge in [-0.15, -0.1) is 0 Å². The van der Waals surface area contributed by atoms with Crippen LogP contribution in [0.2, 0.25) is 0 Å². The van der Waals surface area contributed by atoms with Crippen molar-refractivity contribution in [1.82, 2.24) is 26.3 Å². The second-order valence-electron chi connectivity index (χ2n) is 10.5. The zero-order valence-corrected chi connectivity index (χ0v) is 23.6. The number of guanidine groups is 1. The summed E-state index contributed by atoms with van der Waals surface area (Å²) in [5, 5.41) is 22.1. The van der Waals surface area contributed by atoms with Gasteiger partial charge in [0.2, 0.25) is 17.7 Å². The lowest BCUT2D eigenvalue weighted by Gasteiger charge is -2.28. The number of amides is 3. The number of hydrogen-bond acceptors (Lipinski definition) is 6. The van der Waals surface area contributed by atoms with E-state index in [1.807, 2.05) is 38.1 Å². The van der Waals surface area contributed by atoms with E-state index >= 15 is 0 Å². The van der Waals surface area contributed by atoms with Crippen LogP contribution in [0.15, 0.2) is 35.5 Å². The van der Waals surface area contributed by atoms with Crippen LogP contribution in [-0.4, -0.2) is 77.0 Å². The zero-order chi connectivity index (χ0) is 29.9. The average molecular weight is 571 g/mol. The Hall–Kier alpha value is -4.13. The molecule has 0 saturated carbocycles. The maximum absolute atomic E-state index is 13.5. The van der Waals surface area contributed by atoms with E-state index in [1.165, 1.54) is 0 Å². The molecule has 1 saturated heterocycles. The fraction of sp³-hybridized carbons (Fsp3) is 0.536. The van der Waals surface area contributed by atoms with Crippen molar-refractivity contribution in [2.24, 2.45) is 22.4 Å². The van der Waals surface area contributed by atoms with Crippen molar-refractivity contribution in [3.63, 3.8) is 0 Å². The van der Waals surface area contributed by atoms with E-state index in [9.17, 15) is 24.3 Å². The molecule has 2 aromatic rings. The first-order valence-corrected chi connectivity index (χ1v) is 14.1. The Bertz CT molecular complexity index is 1240. The summed E-state index contributed by atoms with van der Waals surface area (Å²) >= 11 is 0. The van der Waals surface area contributed by atoms with Crippen LogP contribution in [-0.2, 0) is 25.6 Å². The summed E-state index contributed by atoms with van der Waals surface area (Å²) in [6.07, 6.45) is 4.44. The molecule has 0 spiro atoms. The lowest BCUT2D eigenvalue weighted by atomic mass is 9.97. The van der Waals surface area contributed by atoms with Gasteiger partial charge in [-0.05, 0) is 49.8 Å². The summed E-state index contributed by atoms with van der Waals surface area (Å²) in [4.78, 5) is 58.9. The number of benzene rings is 1. The monoisotopic (exact) mass is 570 g/mol. The molecule has 1 aromatic carbocycles. The van der Waals surface area contributed by atoms with E-state index in [0.29, 0.717) is 19.3 Å². The third-order valence-corrected chi connectivity index (χ3v) is 7.46. The minimum absolute atomic E-state index is 0.0414. The normalized spacial score (nSPS) is 17.7. The van der Waals surface area contributed by atoms with Crippen LogP contribution in [0.4, 0.5) is 0 Å². The van der Waals surface area contributed by atoms with Gasteiger partial charge in [0.1, 0.15) is 18.1 Å². The summed E-state index contributed by atoms with van der Waals surface area (Å²) < 4.78 is 0. The van der Waals surface area contributed by atoms with Crippen LogP contribution >= 0.6 is 0 Å². The molecule has 0 aliphatic carbocycles. The first-order chi connectivity index (χ1) is 19.6. The number of carbonyl (C=O) groups is 4. The van der Waals surface area contributed by atoms with E-state index in [-0.39, 0.29) is 43.2 Å². The summed E-state index contributed by atoms with van der Waals surface area (Å²) in [6, 6.07) is 3.92. The van der Waals surface area contributed by atoms with Crippen molar-refractivity contribution in [2.45, 2.75) is 76.5 Å². The van der Waals surface area contributed by atoms with Gasteiger partial charge in [-0.1, -0.05) is 38.5 Å². The maximum atomic E-state index is 13.5. The number of nitrogens with two attached hydrogens (primary N) is 2. The van der Waals surface area contributed by atoms with Crippen molar-refractivity contribution in [3.8, 4) is 0 Å². The topological polar surface area (TPSA) is 217 Å². The number of carboxylic acids is 1. The number of carbonyl (C=O) groups excluding carboxylic acids is 3. The van der Waals surface area contributed by atoms with Gasteiger partial charge < -0.3 is 42.8 Å². The Kier molecular flexibility index (Phi) is 11.5. The number of aliphatic imine (C=N–C) groups is 1. The molecule has 41 heavy (non-hydrogen) atoms. The molecule has 3 amide bonds. The summed E-state index contributed by atoms with van der Waals surface area (Å²) in [6.45, 7) is 4.72. The van der Waals surface area contributed by atoms with Gasteiger partial charge in [-0.2, -0.15) is 0 Å². The molecule has 224 valence electrons.